The van der Waals surface area contributed by atoms with E-state index in [9.17, 15) is 4.79 Å². The summed E-state index contributed by atoms with van der Waals surface area (Å²) in [6.07, 6.45) is 6.95. The lowest BCUT2D eigenvalue weighted by Crippen LogP contribution is -2.23. The molecular formula is C16H22N2OS. The van der Waals surface area contributed by atoms with Crippen molar-refractivity contribution in [2.45, 2.75) is 45.1 Å². The Morgan fingerprint density at radius 2 is 1.90 bits per heavy atom. The van der Waals surface area contributed by atoms with Gasteiger partial charge in [0.05, 0.1) is 0 Å². The van der Waals surface area contributed by atoms with Gasteiger partial charge in [-0.3, -0.25) is 4.79 Å². The molecule has 20 heavy (non-hydrogen) atoms. The minimum absolute atomic E-state index is 0.148. The van der Waals surface area contributed by atoms with Crippen molar-refractivity contribution in [2.24, 2.45) is 11.7 Å². The third-order valence-corrected chi connectivity index (χ3v) is 4.22. The molecule has 1 fully saturated rings. The van der Waals surface area contributed by atoms with Gasteiger partial charge in [-0.15, -0.1) is 0 Å². The molecule has 0 heterocycles. The number of nitrogens with two attached hydrogens (primary N) is 1. The van der Waals surface area contributed by atoms with Crippen LogP contribution < -0.4 is 11.1 Å². The SMILES string of the molecule is NC(=S)c1ccc(CNC(=O)CCC2CCCC2)cc1. The van der Waals surface area contributed by atoms with Gasteiger partial charge in [0.15, 0.2) is 0 Å². The zero-order chi connectivity index (χ0) is 14.4. The molecule has 0 saturated heterocycles. The lowest BCUT2D eigenvalue weighted by atomic mass is 10.0. The summed E-state index contributed by atoms with van der Waals surface area (Å²) in [5.41, 5.74) is 7.47. The Balaban J connectivity index is 1.70. The highest BCUT2D eigenvalue weighted by Gasteiger charge is 2.15. The zero-order valence-corrected chi connectivity index (χ0v) is 12.5. The van der Waals surface area contributed by atoms with Gasteiger partial charge in [-0.05, 0) is 17.9 Å². The molecule has 0 aromatic heterocycles. The molecule has 1 aliphatic rings. The van der Waals surface area contributed by atoms with Crippen molar-refractivity contribution in [3.8, 4) is 0 Å². The van der Waals surface area contributed by atoms with Crippen molar-refractivity contribution >= 4 is 23.1 Å². The summed E-state index contributed by atoms with van der Waals surface area (Å²) < 4.78 is 0. The summed E-state index contributed by atoms with van der Waals surface area (Å²) in [7, 11) is 0. The van der Waals surface area contributed by atoms with E-state index in [0.29, 0.717) is 18.0 Å². The van der Waals surface area contributed by atoms with Crippen molar-refractivity contribution in [3.05, 3.63) is 35.4 Å². The lowest BCUT2D eigenvalue weighted by molar-refractivity contribution is -0.121. The van der Waals surface area contributed by atoms with Crippen LogP contribution in [0.1, 0.15) is 49.7 Å². The molecular weight excluding hydrogens is 268 g/mol. The number of amides is 1. The number of benzene rings is 1. The molecule has 1 aromatic carbocycles. The van der Waals surface area contributed by atoms with E-state index >= 15 is 0 Å². The minimum atomic E-state index is 0.148. The van der Waals surface area contributed by atoms with E-state index in [2.05, 4.69) is 5.32 Å². The van der Waals surface area contributed by atoms with Crippen LogP contribution in [0, 0.1) is 5.92 Å². The highest BCUT2D eigenvalue weighted by Crippen LogP contribution is 2.28. The molecule has 0 bridgehead atoms. The van der Waals surface area contributed by atoms with Crippen LogP contribution in [-0.4, -0.2) is 10.9 Å². The van der Waals surface area contributed by atoms with Crippen molar-refractivity contribution in [2.75, 3.05) is 0 Å². The average Bonchev–Trinajstić information content (AvgIpc) is 2.96. The van der Waals surface area contributed by atoms with Crippen molar-refractivity contribution in [3.63, 3.8) is 0 Å². The maximum atomic E-state index is 11.8. The largest absolute Gasteiger partial charge is 0.389 e. The van der Waals surface area contributed by atoms with Gasteiger partial charge in [-0.2, -0.15) is 0 Å². The molecule has 0 aliphatic heterocycles. The van der Waals surface area contributed by atoms with E-state index < -0.39 is 0 Å². The van der Waals surface area contributed by atoms with Gasteiger partial charge in [-0.1, -0.05) is 62.2 Å². The molecule has 1 aromatic rings. The highest BCUT2D eigenvalue weighted by molar-refractivity contribution is 7.80. The number of thiocarbonyl (C=S) groups is 1. The average molecular weight is 290 g/mol. The molecule has 2 rings (SSSR count). The fourth-order valence-electron chi connectivity index (χ4n) is 2.71. The van der Waals surface area contributed by atoms with Crippen LogP contribution in [-0.2, 0) is 11.3 Å². The Morgan fingerprint density at radius 1 is 1.25 bits per heavy atom. The second-order valence-electron chi connectivity index (χ2n) is 5.53. The zero-order valence-electron chi connectivity index (χ0n) is 11.7. The summed E-state index contributed by atoms with van der Waals surface area (Å²) in [6, 6.07) is 7.68. The van der Waals surface area contributed by atoms with Crippen LogP contribution in [0.5, 0.6) is 0 Å². The molecule has 0 unspecified atom stereocenters. The topological polar surface area (TPSA) is 55.1 Å². The fraction of sp³-hybridized carbons (Fsp3) is 0.500. The van der Waals surface area contributed by atoms with E-state index in [1.54, 1.807) is 0 Å². The fourth-order valence-corrected chi connectivity index (χ4v) is 2.85. The number of hydrogen-bond acceptors (Lipinski definition) is 2. The molecule has 1 aliphatic carbocycles. The molecule has 0 atom stereocenters. The second kappa shape index (κ2) is 7.39. The molecule has 1 saturated carbocycles. The maximum absolute atomic E-state index is 11.8. The first-order valence-electron chi connectivity index (χ1n) is 7.30. The Bertz CT molecular complexity index is 464. The standard InChI is InChI=1S/C16H22N2OS/c17-16(20)14-8-5-13(6-9-14)11-18-15(19)10-7-12-3-1-2-4-12/h5-6,8-9,12H,1-4,7,10-11H2,(H2,17,20)(H,18,19). The molecule has 108 valence electrons. The number of rotatable bonds is 6. The van der Waals surface area contributed by atoms with Gasteiger partial charge in [-0.25, -0.2) is 0 Å². The third-order valence-electron chi connectivity index (χ3n) is 3.98. The predicted molar refractivity (Wildman–Crippen MR) is 85.4 cm³/mol. The third kappa shape index (κ3) is 4.60. The van der Waals surface area contributed by atoms with Crippen molar-refractivity contribution in [1.29, 1.82) is 0 Å². The van der Waals surface area contributed by atoms with Gasteiger partial charge in [0.2, 0.25) is 5.91 Å². The van der Waals surface area contributed by atoms with Crippen LogP contribution in [0.15, 0.2) is 24.3 Å². The number of carbonyl (C=O) groups excluding carboxylic acids is 1. The first-order chi connectivity index (χ1) is 9.65. The predicted octanol–water partition coefficient (Wildman–Crippen LogP) is 2.91. The molecule has 0 spiro atoms. The van der Waals surface area contributed by atoms with Crippen LogP contribution in [0.3, 0.4) is 0 Å². The van der Waals surface area contributed by atoms with Gasteiger partial charge < -0.3 is 11.1 Å². The smallest absolute Gasteiger partial charge is 0.220 e. The first-order valence-corrected chi connectivity index (χ1v) is 7.71. The maximum Gasteiger partial charge on any atom is 0.220 e. The number of nitrogens with one attached hydrogen (secondary N) is 1. The summed E-state index contributed by atoms with van der Waals surface area (Å²) in [5, 5.41) is 2.97. The van der Waals surface area contributed by atoms with E-state index in [1.807, 2.05) is 24.3 Å². The van der Waals surface area contributed by atoms with Gasteiger partial charge in [0, 0.05) is 18.5 Å². The number of hydrogen-bond donors (Lipinski definition) is 2. The van der Waals surface area contributed by atoms with E-state index in [-0.39, 0.29) is 5.91 Å². The lowest BCUT2D eigenvalue weighted by Gasteiger charge is -2.09. The van der Waals surface area contributed by atoms with E-state index in [1.165, 1.54) is 25.7 Å². The number of carbonyl (C=O) groups is 1. The minimum Gasteiger partial charge on any atom is -0.389 e. The monoisotopic (exact) mass is 290 g/mol. The normalized spacial score (nSPS) is 15.2. The first kappa shape index (κ1) is 15.0. The summed E-state index contributed by atoms with van der Waals surface area (Å²) in [4.78, 5) is 12.2. The summed E-state index contributed by atoms with van der Waals surface area (Å²) >= 11 is 4.91. The Hall–Kier alpha value is -1.42. The van der Waals surface area contributed by atoms with E-state index in [0.717, 1.165) is 23.5 Å². The Morgan fingerprint density at radius 3 is 2.50 bits per heavy atom. The van der Waals surface area contributed by atoms with Gasteiger partial charge in [0.25, 0.3) is 0 Å². The Labute approximate surface area is 125 Å². The Kier molecular flexibility index (Phi) is 5.53. The van der Waals surface area contributed by atoms with Crippen molar-refractivity contribution < 1.29 is 4.79 Å². The second-order valence-corrected chi connectivity index (χ2v) is 5.97. The highest BCUT2D eigenvalue weighted by atomic mass is 32.1. The molecule has 1 amide bonds. The van der Waals surface area contributed by atoms with Crippen LogP contribution >= 0.6 is 12.2 Å². The molecule has 4 heteroatoms. The molecule has 3 nitrogen and oxygen atoms in total. The van der Waals surface area contributed by atoms with E-state index in [4.69, 9.17) is 18.0 Å². The van der Waals surface area contributed by atoms with Crippen molar-refractivity contribution in [1.82, 2.24) is 5.32 Å². The molecule has 0 radical (unpaired) electrons. The molecule has 3 N–H and O–H groups in total. The quantitative estimate of drug-likeness (QED) is 0.792. The van der Waals surface area contributed by atoms with Crippen LogP contribution in [0.2, 0.25) is 0 Å². The van der Waals surface area contributed by atoms with Crippen LogP contribution in [0.25, 0.3) is 0 Å². The summed E-state index contributed by atoms with van der Waals surface area (Å²) in [6.45, 7) is 0.571. The van der Waals surface area contributed by atoms with Crippen LogP contribution in [0.4, 0.5) is 0 Å². The van der Waals surface area contributed by atoms with Gasteiger partial charge >= 0.3 is 0 Å². The van der Waals surface area contributed by atoms with Gasteiger partial charge in [0.1, 0.15) is 4.99 Å². The summed E-state index contributed by atoms with van der Waals surface area (Å²) in [5.74, 6) is 0.918.